The van der Waals surface area contributed by atoms with Crippen LogP contribution in [0.4, 0.5) is 5.69 Å². The maximum absolute atomic E-state index is 13.2. The van der Waals surface area contributed by atoms with E-state index in [-0.39, 0.29) is 5.91 Å². The highest BCUT2D eigenvalue weighted by molar-refractivity contribution is 8.00. The van der Waals surface area contributed by atoms with Crippen LogP contribution in [-0.4, -0.2) is 33.2 Å². The number of aromatic nitrogens is 4. The molecule has 9 heteroatoms. The molecule has 0 aliphatic carbocycles. The highest BCUT2D eigenvalue weighted by Gasteiger charge is 2.25. The Morgan fingerprint density at radius 2 is 2.00 bits per heavy atom. The molecule has 1 aromatic heterocycles. The molecule has 0 bridgehead atoms. The maximum atomic E-state index is 13.2. The van der Waals surface area contributed by atoms with E-state index in [0.29, 0.717) is 34.1 Å². The van der Waals surface area contributed by atoms with Crippen molar-refractivity contribution in [3.63, 3.8) is 0 Å². The number of methoxy groups -OCH3 is 1. The molecule has 3 rings (SSSR count). The fourth-order valence-corrected chi connectivity index (χ4v) is 3.94. The Kier molecular flexibility index (Phi) is 7.11. The summed E-state index contributed by atoms with van der Waals surface area (Å²) in [6.07, 6.45) is 0. The molecule has 1 N–H and O–H groups in total. The molecule has 7 nitrogen and oxygen atoms in total. The van der Waals surface area contributed by atoms with Crippen LogP contribution in [0.5, 0.6) is 5.75 Å². The highest BCUT2D eigenvalue weighted by atomic mass is 35.5. The lowest BCUT2D eigenvalue weighted by atomic mass is 10.1. The van der Waals surface area contributed by atoms with Gasteiger partial charge in [-0.3, -0.25) is 4.79 Å². The summed E-state index contributed by atoms with van der Waals surface area (Å²) in [5.41, 5.74) is 1.44. The summed E-state index contributed by atoms with van der Waals surface area (Å²) in [6, 6.07) is 14.7. The first-order valence-corrected chi connectivity index (χ1v) is 10.4. The lowest BCUT2D eigenvalue weighted by molar-refractivity contribution is -0.115. The van der Waals surface area contributed by atoms with Gasteiger partial charge in [0.2, 0.25) is 11.1 Å². The van der Waals surface area contributed by atoms with E-state index in [1.165, 1.54) is 11.8 Å². The number of ether oxygens (including phenoxy) is 1. The predicted molar refractivity (Wildman–Crippen MR) is 114 cm³/mol. The van der Waals surface area contributed by atoms with Gasteiger partial charge in [0.05, 0.1) is 12.1 Å². The van der Waals surface area contributed by atoms with Crippen LogP contribution in [0, 0.1) is 5.92 Å². The van der Waals surface area contributed by atoms with Crippen LogP contribution in [-0.2, 0) is 11.3 Å². The number of hydrogen-bond donors (Lipinski definition) is 1. The molecule has 0 spiro atoms. The van der Waals surface area contributed by atoms with E-state index in [1.807, 2.05) is 30.3 Å². The van der Waals surface area contributed by atoms with Crippen molar-refractivity contribution in [2.75, 3.05) is 12.4 Å². The Balaban J connectivity index is 1.85. The zero-order chi connectivity index (χ0) is 20.8. The number of anilines is 1. The number of rotatable bonds is 8. The van der Waals surface area contributed by atoms with Crippen LogP contribution in [0.3, 0.4) is 0 Å². The summed E-state index contributed by atoms with van der Waals surface area (Å²) in [7, 11) is 1.54. The Hall–Kier alpha value is -2.58. The monoisotopic (exact) mass is 431 g/mol. The van der Waals surface area contributed by atoms with Gasteiger partial charge in [-0.15, -0.1) is 5.10 Å². The molecule has 0 aliphatic rings. The SMILES string of the molecule is COc1ccc(NC(=O)C(Sc2nnnn2CC(C)C)c2ccccc2)cc1Cl. The summed E-state index contributed by atoms with van der Waals surface area (Å²) in [4.78, 5) is 13.2. The van der Waals surface area contributed by atoms with Gasteiger partial charge in [0.25, 0.3) is 0 Å². The van der Waals surface area contributed by atoms with E-state index in [9.17, 15) is 4.79 Å². The zero-order valence-corrected chi connectivity index (χ0v) is 17.9. The molecular formula is C20H22ClN5O2S. The molecular weight excluding hydrogens is 410 g/mol. The van der Waals surface area contributed by atoms with Gasteiger partial charge in [-0.1, -0.05) is 67.5 Å². The van der Waals surface area contributed by atoms with Gasteiger partial charge in [0.15, 0.2) is 0 Å². The van der Waals surface area contributed by atoms with Crippen LogP contribution < -0.4 is 10.1 Å². The second-order valence-corrected chi connectivity index (χ2v) is 8.26. The van der Waals surface area contributed by atoms with E-state index < -0.39 is 5.25 Å². The van der Waals surface area contributed by atoms with Crippen molar-refractivity contribution in [3.8, 4) is 5.75 Å². The van der Waals surface area contributed by atoms with Crippen molar-refractivity contribution in [1.82, 2.24) is 20.2 Å². The number of hydrogen-bond acceptors (Lipinski definition) is 6. The molecule has 1 heterocycles. The minimum Gasteiger partial charge on any atom is -0.495 e. The fraction of sp³-hybridized carbons (Fsp3) is 0.300. The molecule has 0 fully saturated rings. The quantitative estimate of drug-likeness (QED) is 0.530. The van der Waals surface area contributed by atoms with E-state index in [1.54, 1.807) is 30.0 Å². The van der Waals surface area contributed by atoms with Crippen LogP contribution in [0.1, 0.15) is 24.7 Å². The van der Waals surface area contributed by atoms with Crippen LogP contribution in [0.25, 0.3) is 0 Å². The Labute approximate surface area is 178 Å². The Morgan fingerprint density at radius 1 is 1.24 bits per heavy atom. The molecule has 29 heavy (non-hydrogen) atoms. The first kappa shape index (κ1) is 21.1. The first-order valence-electron chi connectivity index (χ1n) is 9.10. The number of carbonyl (C=O) groups excluding carboxylic acids is 1. The van der Waals surface area contributed by atoms with Crippen LogP contribution >= 0.6 is 23.4 Å². The number of carbonyl (C=O) groups is 1. The van der Waals surface area contributed by atoms with E-state index in [2.05, 4.69) is 34.7 Å². The molecule has 2 aromatic carbocycles. The van der Waals surface area contributed by atoms with E-state index >= 15 is 0 Å². The van der Waals surface area contributed by atoms with Gasteiger partial charge in [-0.2, -0.15) is 0 Å². The number of amides is 1. The normalized spacial score (nSPS) is 12.0. The average molecular weight is 432 g/mol. The third kappa shape index (κ3) is 5.48. The van der Waals surface area contributed by atoms with Gasteiger partial charge in [-0.05, 0) is 40.1 Å². The lowest BCUT2D eigenvalue weighted by Gasteiger charge is -2.17. The second kappa shape index (κ2) is 9.76. The van der Waals surface area contributed by atoms with Crippen molar-refractivity contribution in [2.45, 2.75) is 30.8 Å². The largest absolute Gasteiger partial charge is 0.495 e. The molecule has 0 radical (unpaired) electrons. The topological polar surface area (TPSA) is 81.9 Å². The Morgan fingerprint density at radius 3 is 2.66 bits per heavy atom. The molecule has 152 valence electrons. The van der Waals surface area contributed by atoms with E-state index in [4.69, 9.17) is 16.3 Å². The highest BCUT2D eigenvalue weighted by Crippen LogP contribution is 2.36. The van der Waals surface area contributed by atoms with E-state index in [0.717, 1.165) is 5.56 Å². The molecule has 1 atom stereocenters. The number of nitrogens with one attached hydrogen (secondary N) is 1. The molecule has 0 saturated heterocycles. The molecule has 1 amide bonds. The summed E-state index contributed by atoms with van der Waals surface area (Å²) >= 11 is 7.50. The third-order valence-electron chi connectivity index (χ3n) is 4.02. The third-order valence-corrected chi connectivity index (χ3v) is 5.54. The minimum atomic E-state index is -0.533. The van der Waals surface area contributed by atoms with Gasteiger partial charge < -0.3 is 10.1 Å². The van der Waals surface area contributed by atoms with Gasteiger partial charge in [0.1, 0.15) is 11.0 Å². The van der Waals surface area contributed by atoms with Gasteiger partial charge >= 0.3 is 0 Å². The first-order chi connectivity index (χ1) is 14.0. The predicted octanol–water partition coefficient (Wildman–Crippen LogP) is 4.46. The number of benzene rings is 2. The number of nitrogens with zero attached hydrogens (tertiary/aromatic N) is 4. The maximum Gasteiger partial charge on any atom is 0.242 e. The van der Waals surface area contributed by atoms with Crippen molar-refractivity contribution in [3.05, 3.63) is 59.1 Å². The van der Waals surface area contributed by atoms with Gasteiger partial charge in [-0.25, -0.2) is 4.68 Å². The standard InChI is InChI=1S/C20H22ClN5O2S/c1-13(2)12-26-20(23-24-25-26)29-18(14-7-5-4-6-8-14)19(27)22-15-9-10-17(28-3)16(21)11-15/h4-11,13,18H,12H2,1-3H3,(H,22,27). The number of thioether (sulfide) groups is 1. The molecule has 1 unspecified atom stereocenters. The van der Waals surface area contributed by atoms with Gasteiger partial charge in [0, 0.05) is 12.2 Å². The van der Waals surface area contributed by atoms with Crippen molar-refractivity contribution < 1.29 is 9.53 Å². The van der Waals surface area contributed by atoms with Crippen LogP contribution in [0.15, 0.2) is 53.7 Å². The van der Waals surface area contributed by atoms with Crippen molar-refractivity contribution in [2.24, 2.45) is 5.92 Å². The fourth-order valence-electron chi connectivity index (χ4n) is 2.70. The van der Waals surface area contributed by atoms with Crippen LogP contribution in [0.2, 0.25) is 5.02 Å². The molecule has 0 saturated carbocycles. The molecule has 3 aromatic rings. The Bertz CT molecular complexity index is 965. The second-order valence-electron chi connectivity index (χ2n) is 6.78. The number of halogens is 1. The molecule has 0 aliphatic heterocycles. The smallest absolute Gasteiger partial charge is 0.242 e. The summed E-state index contributed by atoms with van der Waals surface area (Å²) in [5.74, 6) is 0.733. The summed E-state index contributed by atoms with van der Waals surface area (Å²) in [6.45, 7) is 4.85. The number of tetrazole rings is 1. The zero-order valence-electron chi connectivity index (χ0n) is 16.4. The van der Waals surface area contributed by atoms with Crippen molar-refractivity contribution in [1.29, 1.82) is 0 Å². The summed E-state index contributed by atoms with van der Waals surface area (Å²) in [5, 5.41) is 15.3. The average Bonchev–Trinajstić information content (AvgIpc) is 3.13. The lowest BCUT2D eigenvalue weighted by Crippen LogP contribution is -2.20. The summed E-state index contributed by atoms with van der Waals surface area (Å²) < 4.78 is 6.89. The minimum absolute atomic E-state index is 0.193. The van der Waals surface area contributed by atoms with Crippen molar-refractivity contribution >= 4 is 35.0 Å².